The summed E-state index contributed by atoms with van der Waals surface area (Å²) in [5, 5.41) is 0. The van der Waals surface area contributed by atoms with Gasteiger partial charge in [0.05, 0.1) is 11.0 Å². The van der Waals surface area contributed by atoms with Gasteiger partial charge in [0.1, 0.15) is 5.82 Å². The van der Waals surface area contributed by atoms with Crippen molar-refractivity contribution < 1.29 is 0 Å². The molecule has 0 fully saturated rings. The van der Waals surface area contributed by atoms with Crippen molar-refractivity contribution in [3.8, 4) is 0 Å². The molecule has 4 heteroatoms. The highest BCUT2D eigenvalue weighted by molar-refractivity contribution is 5.78. The summed E-state index contributed by atoms with van der Waals surface area (Å²) >= 11 is 0. The van der Waals surface area contributed by atoms with E-state index in [9.17, 15) is 0 Å². The van der Waals surface area contributed by atoms with E-state index < -0.39 is 0 Å². The summed E-state index contributed by atoms with van der Waals surface area (Å²) in [6, 6.07) is 6.47. The van der Waals surface area contributed by atoms with E-state index >= 15 is 0 Å². The van der Waals surface area contributed by atoms with Crippen LogP contribution in [0.25, 0.3) is 11.0 Å². The fourth-order valence-electron chi connectivity index (χ4n) is 2.58. The van der Waals surface area contributed by atoms with Gasteiger partial charge >= 0.3 is 0 Å². The molecule has 0 aliphatic rings. The molecule has 0 saturated heterocycles. The third-order valence-electron chi connectivity index (χ3n) is 3.82. The summed E-state index contributed by atoms with van der Waals surface area (Å²) in [6.45, 7) is 5.52. The van der Waals surface area contributed by atoms with Crippen LogP contribution in [0.3, 0.4) is 0 Å². The number of anilines is 1. The second kappa shape index (κ2) is 6.06. The Morgan fingerprint density at radius 2 is 2.05 bits per heavy atom. The van der Waals surface area contributed by atoms with Crippen LogP contribution in [0, 0.1) is 0 Å². The number of nitrogens with two attached hydrogens (primary N) is 1. The first-order valence-corrected chi connectivity index (χ1v) is 7.08. The molecule has 4 nitrogen and oxygen atoms in total. The Bertz CT molecular complexity index is 528. The third-order valence-corrected chi connectivity index (χ3v) is 3.82. The molecule has 0 amide bonds. The number of hydrogen-bond acceptors (Lipinski definition) is 3. The number of fused-ring (bicyclic) bond motifs is 1. The van der Waals surface area contributed by atoms with Crippen LogP contribution in [0.15, 0.2) is 18.2 Å². The highest BCUT2D eigenvalue weighted by atomic mass is 15.1. The highest BCUT2D eigenvalue weighted by Crippen LogP contribution is 2.15. The molecule has 0 aliphatic carbocycles. The van der Waals surface area contributed by atoms with Crippen molar-refractivity contribution in [3.63, 3.8) is 0 Å². The second-order valence-corrected chi connectivity index (χ2v) is 5.16. The van der Waals surface area contributed by atoms with Crippen molar-refractivity contribution in [3.05, 3.63) is 24.0 Å². The van der Waals surface area contributed by atoms with E-state index in [0.717, 1.165) is 35.5 Å². The zero-order chi connectivity index (χ0) is 13.8. The minimum absolute atomic E-state index is 0.667. The number of likely N-dealkylation sites (N-methyl/N-ethyl adjacent to an activating group) is 1. The van der Waals surface area contributed by atoms with E-state index in [1.54, 1.807) is 0 Å². The van der Waals surface area contributed by atoms with Gasteiger partial charge in [0.2, 0.25) is 0 Å². The molecule has 3 N–H and O–H groups in total. The van der Waals surface area contributed by atoms with Crippen LogP contribution in [-0.2, 0) is 6.42 Å². The summed E-state index contributed by atoms with van der Waals surface area (Å²) in [5.41, 5.74) is 8.57. The number of nitrogens with zero attached hydrogens (tertiary/aromatic N) is 2. The average Bonchev–Trinajstić information content (AvgIpc) is 2.79. The lowest BCUT2D eigenvalue weighted by Gasteiger charge is -2.25. The number of hydrogen-bond donors (Lipinski definition) is 2. The zero-order valence-corrected chi connectivity index (χ0v) is 12.1. The topological polar surface area (TPSA) is 57.9 Å². The normalized spacial score (nSPS) is 11.8. The minimum Gasteiger partial charge on any atom is -0.399 e. The molecule has 1 heterocycles. The van der Waals surface area contributed by atoms with Crippen LogP contribution in [0.2, 0.25) is 0 Å². The van der Waals surface area contributed by atoms with Gasteiger partial charge in [-0.1, -0.05) is 13.8 Å². The molecule has 1 aromatic carbocycles. The fraction of sp³-hybridized carbons (Fsp3) is 0.533. The Morgan fingerprint density at radius 3 is 2.74 bits per heavy atom. The lowest BCUT2D eigenvalue weighted by Crippen LogP contribution is -2.32. The zero-order valence-electron chi connectivity index (χ0n) is 12.1. The standard InChI is InChI=1S/C15H24N4/c1-4-12(5-2)19(3)9-8-15-17-13-7-6-11(16)10-14(13)18-15/h6-7,10,12H,4-5,8-9,16H2,1-3H3,(H,17,18). The number of aromatic amines is 1. The predicted molar refractivity (Wildman–Crippen MR) is 81.2 cm³/mol. The molecule has 0 aliphatic heterocycles. The average molecular weight is 260 g/mol. The molecule has 0 spiro atoms. The molecule has 0 unspecified atom stereocenters. The number of nitrogens with one attached hydrogen (secondary N) is 1. The molecule has 2 aromatic rings. The first-order valence-electron chi connectivity index (χ1n) is 7.08. The van der Waals surface area contributed by atoms with Crippen molar-refractivity contribution >= 4 is 16.7 Å². The number of H-pyrrole nitrogens is 1. The maximum absolute atomic E-state index is 5.78. The van der Waals surface area contributed by atoms with Gasteiger partial charge in [-0.3, -0.25) is 0 Å². The van der Waals surface area contributed by atoms with Crippen molar-refractivity contribution in [2.45, 2.75) is 39.2 Å². The maximum Gasteiger partial charge on any atom is 0.108 e. The van der Waals surface area contributed by atoms with Crippen molar-refractivity contribution in [2.24, 2.45) is 0 Å². The van der Waals surface area contributed by atoms with Crippen molar-refractivity contribution in [1.29, 1.82) is 0 Å². The molecule has 1 aromatic heterocycles. The number of rotatable bonds is 6. The largest absolute Gasteiger partial charge is 0.399 e. The number of imidazole rings is 1. The molecule has 0 atom stereocenters. The number of aromatic nitrogens is 2. The van der Waals surface area contributed by atoms with Crippen LogP contribution in [-0.4, -0.2) is 34.5 Å². The van der Waals surface area contributed by atoms with E-state index in [4.69, 9.17) is 5.73 Å². The lowest BCUT2D eigenvalue weighted by atomic mass is 10.1. The van der Waals surface area contributed by atoms with E-state index in [0.29, 0.717) is 6.04 Å². The van der Waals surface area contributed by atoms with E-state index in [2.05, 4.69) is 35.8 Å². The monoisotopic (exact) mass is 260 g/mol. The van der Waals surface area contributed by atoms with Crippen molar-refractivity contribution in [2.75, 3.05) is 19.3 Å². The Labute approximate surface area is 115 Å². The summed E-state index contributed by atoms with van der Waals surface area (Å²) in [5.74, 6) is 1.04. The summed E-state index contributed by atoms with van der Waals surface area (Å²) in [6.07, 6.45) is 3.34. The highest BCUT2D eigenvalue weighted by Gasteiger charge is 2.11. The molecule has 104 valence electrons. The molecular weight excluding hydrogens is 236 g/mol. The Morgan fingerprint density at radius 1 is 1.32 bits per heavy atom. The number of benzene rings is 1. The maximum atomic E-state index is 5.78. The molecule has 0 radical (unpaired) electrons. The van der Waals surface area contributed by atoms with Gasteiger partial charge in [-0.15, -0.1) is 0 Å². The Kier molecular flexibility index (Phi) is 4.43. The summed E-state index contributed by atoms with van der Waals surface area (Å²) in [7, 11) is 2.19. The van der Waals surface area contributed by atoms with Crippen LogP contribution in [0.1, 0.15) is 32.5 Å². The van der Waals surface area contributed by atoms with Gasteiger partial charge < -0.3 is 15.6 Å². The van der Waals surface area contributed by atoms with Gasteiger partial charge in [0.15, 0.2) is 0 Å². The van der Waals surface area contributed by atoms with Crippen LogP contribution < -0.4 is 5.73 Å². The van der Waals surface area contributed by atoms with Gasteiger partial charge in [0, 0.05) is 24.7 Å². The molecule has 0 bridgehead atoms. The second-order valence-electron chi connectivity index (χ2n) is 5.16. The molecular formula is C15H24N4. The quantitative estimate of drug-likeness (QED) is 0.785. The number of nitrogen functional groups attached to an aromatic ring is 1. The Balaban J connectivity index is 2.01. The van der Waals surface area contributed by atoms with Crippen molar-refractivity contribution in [1.82, 2.24) is 14.9 Å². The first-order chi connectivity index (χ1) is 9.13. The van der Waals surface area contributed by atoms with Crippen LogP contribution in [0.4, 0.5) is 5.69 Å². The third kappa shape index (κ3) is 3.26. The molecule has 19 heavy (non-hydrogen) atoms. The van der Waals surface area contributed by atoms with Gasteiger partial charge in [0.25, 0.3) is 0 Å². The predicted octanol–water partition coefficient (Wildman–Crippen LogP) is 2.81. The summed E-state index contributed by atoms with van der Waals surface area (Å²) in [4.78, 5) is 10.4. The van der Waals surface area contributed by atoms with E-state index in [-0.39, 0.29) is 0 Å². The van der Waals surface area contributed by atoms with Gasteiger partial charge in [-0.25, -0.2) is 4.98 Å². The first kappa shape index (κ1) is 13.9. The fourth-order valence-corrected chi connectivity index (χ4v) is 2.58. The van der Waals surface area contributed by atoms with Gasteiger partial charge in [-0.05, 0) is 38.1 Å². The van der Waals surface area contributed by atoms with Crippen LogP contribution in [0.5, 0.6) is 0 Å². The SMILES string of the molecule is CCC(CC)N(C)CCc1nc2ccc(N)cc2[nH]1. The lowest BCUT2D eigenvalue weighted by molar-refractivity contribution is 0.231. The molecule has 0 saturated carbocycles. The minimum atomic E-state index is 0.667. The Hall–Kier alpha value is -1.55. The van der Waals surface area contributed by atoms with Gasteiger partial charge in [-0.2, -0.15) is 0 Å². The van der Waals surface area contributed by atoms with E-state index in [1.807, 2.05) is 18.2 Å². The smallest absolute Gasteiger partial charge is 0.108 e. The summed E-state index contributed by atoms with van der Waals surface area (Å²) < 4.78 is 0. The van der Waals surface area contributed by atoms with E-state index in [1.165, 1.54) is 12.8 Å². The molecule has 2 rings (SSSR count). The van der Waals surface area contributed by atoms with Crippen LogP contribution >= 0.6 is 0 Å².